The van der Waals surface area contributed by atoms with E-state index in [1.165, 1.54) is 7.11 Å². The molecule has 0 saturated carbocycles. The number of ether oxygens (including phenoxy) is 1. The molecular weight excluding hydrogens is 308 g/mol. The van der Waals surface area contributed by atoms with Gasteiger partial charge in [-0.25, -0.2) is 9.78 Å². The van der Waals surface area contributed by atoms with Crippen LogP contribution in [0.25, 0.3) is 0 Å². The largest absolute Gasteiger partial charge is 0.465 e. The summed E-state index contributed by atoms with van der Waals surface area (Å²) in [6.45, 7) is 0.658. The fourth-order valence-electron chi connectivity index (χ4n) is 1.59. The molecule has 1 heterocycles. The highest BCUT2D eigenvalue weighted by molar-refractivity contribution is 9.10. The van der Waals surface area contributed by atoms with Gasteiger partial charge in [0.1, 0.15) is 4.60 Å². The Morgan fingerprint density at radius 3 is 2.68 bits per heavy atom. The second-order valence-electron chi connectivity index (χ2n) is 3.88. The molecule has 0 bridgehead atoms. The Kier molecular flexibility index (Phi) is 4.52. The van der Waals surface area contributed by atoms with Crippen LogP contribution in [0.3, 0.4) is 0 Å². The van der Waals surface area contributed by atoms with Crippen molar-refractivity contribution in [2.24, 2.45) is 0 Å². The van der Waals surface area contributed by atoms with E-state index in [0.717, 1.165) is 15.9 Å². The van der Waals surface area contributed by atoms with E-state index in [-0.39, 0.29) is 5.97 Å². The topological polar surface area (TPSA) is 51.2 Å². The standard InChI is InChI=1S/C14H13BrN2O2/c1-19-14(18)11-6-4-10(5-7-11)9-17-12-3-2-8-16-13(12)15/h2-8,17H,9H2,1H3. The minimum atomic E-state index is -0.325. The molecular formula is C14H13BrN2O2. The molecule has 1 aromatic heterocycles. The van der Waals surface area contributed by atoms with Gasteiger partial charge in [-0.15, -0.1) is 0 Å². The van der Waals surface area contributed by atoms with E-state index in [0.29, 0.717) is 12.1 Å². The molecule has 5 heteroatoms. The molecule has 0 saturated heterocycles. The zero-order chi connectivity index (χ0) is 13.7. The van der Waals surface area contributed by atoms with Crippen LogP contribution in [0.1, 0.15) is 15.9 Å². The maximum atomic E-state index is 11.3. The van der Waals surface area contributed by atoms with Crippen molar-refractivity contribution in [3.05, 3.63) is 58.3 Å². The summed E-state index contributed by atoms with van der Waals surface area (Å²) in [6.07, 6.45) is 1.72. The number of carbonyl (C=O) groups excluding carboxylic acids is 1. The zero-order valence-electron chi connectivity index (χ0n) is 10.4. The molecule has 0 atom stereocenters. The Labute approximate surface area is 119 Å². The van der Waals surface area contributed by atoms with Crippen LogP contribution in [0.2, 0.25) is 0 Å². The molecule has 0 unspecified atom stereocenters. The lowest BCUT2D eigenvalue weighted by molar-refractivity contribution is 0.0600. The average molecular weight is 321 g/mol. The Morgan fingerprint density at radius 2 is 2.05 bits per heavy atom. The molecule has 0 aliphatic heterocycles. The summed E-state index contributed by atoms with van der Waals surface area (Å²) in [6, 6.07) is 11.1. The van der Waals surface area contributed by atoms with Gasteiger partial charge in [-0.1, -0.05) is 12.1 Å². The highest BCUT2D eigenvalue weighted by Crippen LogP contribution is 2.19. The van der Waals surface area contributed by atoms with E-state index in [2.05, 4.69) is 31.0 Å². The quantitative estimate of drug-likeness (QED) is 0.694. The Morgan fingerprint density at radius 1 is 1.32 bits per heavy atom. The highest BCUT2D eigenvalue weighted by atomic mass is 79.9. The molecule has 0 spiro atoms. The summed E-state index contributed by atoms with van der Waals surface area (Å²) in [4.78, 5) is 15.4. The third-order valence-corrected chi connectivity index (χ3v) is 3.25. The lowest BCUT2D eigenvalue weighted by atomic mass is 10.1. The van der Waals surface area contributed by atoms with Crippen molar-refractivity contribution < 1.29 is 9.53 Å². The summed E-state index contributed by atoms with van der Waals surface area (Å²) in [5, 5.41) is 3.27. The fraction of sp³-hybridized carbons (Fsp3) is 0.143. The monoisotopic (exact) mass is 320 g/mol. The first-order valence-electron chi connectivity index (χ1n) is 5.72. The zero-order valence-corrected chi connectivity index (χ0v) is 12.0. The number of benzene rings is 1. The number of pyridine rings is 1. The van der Waals surface area contributed by atoms with Crippen molar-refractivity contribution in [3.8, 4) is 0 Å². The predicted molar refractivity (Wildman–Crippen MR) is 77.0 cm³/mol. The number of halogens is 1. The number of hydrogen-bond acceptors (Lipinski definition) is 4. The Bertz CT molecular complexity index is 570. The van der Waals surface area contributed by atoms with Crippen LogP contribution < -0.4 is 5.32 Å². The molecule has 4 nitrogen and oxygen atoms in total. The van der Waals surface area contributed by atoms with Crippen LogP contribution >= 0.6 is 15.9 Å². The predicted octanol–water partition coefficient (Wildman–Crippen LogP) is 3.24. The normalized spacial score (nSPS) is 10.0. The molecule has 0 aliphatic rings. The number of esters is 1. The number of nitrogens with zero attached hydrogens (tertiary/aromatic N) is 1. The number of aromatic nitrogens is 1. The summed E-state index contributed by atoms with van der Waals surface area (Å²) in [7, 11) is 1.37. The maximum absolute atomic E-state index is 11.3. The molecule has 0 radical (unpaired) electrons. The smallest absolute Gasteiger partial charge is 0.337 e. The van der Waals surface area contributed by atoms with Gasteiger partial charge in [0.25, 0.3) is 0 Å². The molecule has 19 heavy (non-hydrogen) atoms. The fourth-order valence-corrected chi connectivity index (χ4v) is 1.98. The van der Waals surface area contributed by atoms with E-state index in [4.69, 9.17) is 0 Å². The van der Waals surface area contributed by atoms with Crippen LogP contribution in [0.5, 0.6) is 0 Å². The first-order chi connectivity index (χ1) is 9.20. The summed E-state index contributed by atoms with van der Waals surface area (Å²) in [5.74, 6) is -0.325. The van der Waals surface area contributed by atoms with Gasteiger partial charge < -0.3 is 10.1 Å². The number of anilines is 1. The van der Waals surface area contributed by atoms with Gasteiger partial charge in [0.05, 0.1) is 18.4 Å². The molecule has 0 amide bonds. The summed E-state index contributed by atoms with van der Waals surface area (Å²) in [5.41, 5.74) is 2.55. The van der Waals surface area contributed by atoms with Crippen LogP contribution in [-0.2, 0) is 11.3 Å². The average Bonchev–Trinajstić information content (AvgIpc) is 2.46. The van der Waals surface area contributed by atoms with Crippen LogP contribution in [0.4, 0.5) is 5.69 Å². The minimum absolute atomic E-state index is 0.325. The number of carbonyl (C=O) groups is 1. The lowest BCUT2D eigenvalue weighted by Crippen LogP contribution is -2.03. The van der Waals surface area contributed by atoms with Crippen molar-refractivity contribution in [1.82, 2.24) is 4.98 Å². The van der Waals surface area contributed by atoms with Crippen molar-refractivity contribution in [1.29, 1.82) is 0 Å². The van der Waals surface area contributed by atoms with E-state index >= 15 is 0 Å². The number of nitrogens with one attached hydrogen (secondary N) is 1. The molecule has 1 N–H and O–H groups in total. The van der Waals surface area contributed by atoms with E-state index in [1.807, 2.05) is 24.3 Å². The third-order valence-electron chi connectivity index (χ3n) is 2.62. The summed E-state index contributed by atoms with van der Waals surface area (Å²) >= 11 is 3.38. The molecule has 2 aromatic rings. The van der Waals surface area contributed by atoms with Gasteiger partial charge in [-0.2, -0.15) is 0 Å². The first-order valence-corrected chi connectivity index (χ1v) is 6.51. The van der Waals surface area contributed by atoms with Crippen molar-refractivity contribution in [3.63, 3.8) is 0 Å². The van der Waals surface area contributed by atoms with E-state index in [9.17, 15) is 4.79 Å². The van der Waals surface area contributed by atoms with Crippen molar-refractivity contribution in [2.75, 3.05) is 12.4 Å². The van der Waals surface area contributed by atoms with Crippen LogP contribution in [0, 0.1) is 0 Å². The van der Waals surface area contributed by atoms with Crippen LogP contribution in [0.15, 0.2) is 47.2 Å². The lowest BCUT2D eigenvalue weighted by Gasteiger charge is -2.08. The summed E-state index contributed by atoms with van der Waals surface area (Å²) < 4.78 is 5.43. The van der Waals surface area contributed by atoms with E-state index in [1.54, 1.807) is 18.3 Å². The minimum Gasteiger partial charge on any atom is -0.465 e. The van der Waals surface area contributed by atoms with Gasteiger partial charge >= 0.3 is 5.97 Å². The number of rotatable bonds is 4. The third kappa shape index (κ3) is 3.54. The molecule has 2 rings (SSSR count). The van der Waals surface area contributed by atoms with Crippen molar-refractivity contribution >= 4 is 27.6 Å². The van der Waals surface area contributed by atoms with Gasteiger partial charge in [0, 0.05) is 12.7 Å². The second-order valence-corrected chi connectivity index (χ2v) is 4.63. The second kappa shape index (κ2) is 6.33. The SMILES string of the molecule is COC(=O)c1ccc(CNc2cccnc2Br)cc1. The Hall–Kier alpha value is -1.88. The molecule has 98 valence electrons. The van der Waals surface area contributed by atoms with Crippen LogP contribution in [-0.4, -0.2) is 18.1 Å². The Balaban J connectivity index is 2.01. The van der Waals surface area contributed by atoms with Gasteiger partial charge in [-0.05, 0) is 45.8 Å². The number of hydrogen-bond donors (Lipinski definition) is 1. The molecule has 0 aliphatic carbocycles. The van der Waals surface area contributed by atoms with E-state index < -0.39 is 0 Å². The molecule has 1 aromatic carbocycles. The highest BCUT2D eigenvalue weighted by Gasteiger charge is 2.04. The van der Waals surface area contributed by atoms with Gasteiger partial charge in [-0.3, -0.25) is 0 Å². The maximum Gasteiger partial charge on any atom is 0.337 e. The van der Waals surface area contributed by atoms with Gasteiger partial charge in [0.2, 0.25) is 0 Å². The number of methoxy groups -OCH3 is 1. The first kappa shape index (κ1) is 13.5. The van der Waals surface area contributed by atoms with Crippen molar-refractivity contribution in [2.45, 2.75) is 6.54 Å². The molecule has 0 fully saturated rings. The van der Waals surface area contributed by atoms with Gasteiger partial charge in [0.15, 0.2) is 0 Å².